The van der Waals surface area contributed by atoms with Crippen LogP contribution in [-0.2, 0) is 14.8 Å². The summed E-state index contributed by atoms with van der Waals surface area (Å²) >= 11 is 7.81. The van der Waals surface area contributed by atoms with Crippen LogP contribution in [0.15, 0.2) is 47.4 Å². The standard InChI is InChI=1S/C28H35ClN4O4S2/c1-20-17-21(2)19-32(18-20)39(35,36)23-9-7-22(8-10-23)27(34)33(12-4-11-31-13-15-37-16-14-31)28-30-26-24(29)5-3-6-25(26)38-28/h3,5-10,20-21H,4,11-19H2,1-2H3. The maximum atomic E-state index is 13.8. The summed E-state index contributed by atoms with van der Waals surface area (Å²) in [6, 6.07) is 11.9. The molecule has 2 unspecified atom stereocenters. The summed E-state index contributed by atoms with van der Waals surface area (Å²) in [5.74, 6) is 0.423. The number of rotatable bonds is 8. The number of benzene rings is 2. The number of aromatic nitrogens is 1. The van der Waals surface area contributed by atoms with Gasteiger partial charge in [0.1, 0.15) is 5.52 Å². The smallest absolute Gasteiger partial charge is 0.260 e. The molecule has 2 fully saturated rings. The van der Waals surface area contributed by atoms with E-state index in [1.54, 1.807) is 39.5 Å². The lowest BCUT2D eigenvalue weighted by atomic mass is 9.94. The molecule has 2 aliphatic rings. The van der Waals surface area contributed by atoms with Crippen LogP contribution < -0.4 is 4.90 Å². The molecule has 39 heavy (non-hydrogen) atoms. The number of carbonyl (C=O) groups is 1. The van der Waals surface area contributed by atoms with Crippen molar-refractivity contribution in [1.29, 1.82) is 0 Å². The first-order valence-corrected chi connectivity index (χ1v) is 16.1. The Morgan fingerprint density at radius 3 is 2.46 bits per heavy atom. The SMILES string of the molecule is CC1CC(C)CN(S(=O)(=O)c2ccc(C(=O)N(CCCN3CCOCC3)c3nc4c(Cl)cccc4s3)cc2)C1. The van der Waals surface area contributed by atoms with Crippen molar-refractivity contribution in [1.82, 2.24) is 14.2 Å². The Hall–Kier alpha value is -2.08. The Labute approximate surface area is 239 Å². The van der Waals surface area contributed by atoms with Gasteiger partial charge in [-0.1, -0.05) is 42.9 Å². The normalized spacial score (nSPS) is 21.3. The lowest BCUT2D eigenvalue weighted by Gasteiger charge is -2.34. The number of sulfonamides is 1. The summed E-state index contributed by atoms with van der Waals surface area (Å²) in [6.45, 7) is 9.76. The third-order valence-electron chi connectivity index (χ3n) is 7.37. The van der Waals surface area contributed by atoms with Crippen molar-refractivity contribution in [2.45, 2.75) is 31.6 Å². The van der Waals surface area contributed by atoms with Crippen molar-refractivity contribution in [3.63, 3.8) is 0 Å². The predicted octanol–water partition coefficient (Wildman–Crippen LogP) is 4.99. The second-order valence-corrected chi connectivity index (χ2v) is 14.0. The highest BCUT2D eigenvalue weighted by Crippen LogP contribution is 2.34. The van der Waals surface area contributed by atoms with E-state index in [1.165, 1.54) is 11.3 Å². The molecule has 0 saturated carbocycles. The zero-order valence-corrected chi connectivity index (χ0v) is 24.8. The number of thiazole rings is 1. The maximum absolute atomic E-state index is 13.8. The molecule has 2 aliphatic heterocycles. The molecule has 3 aromatic rings. The molecule has 2 saturated heterocycles. The zero-order valence-electron chi connectivity index (χ0n) is 22.4. The van der Waals surface area contributed by atoms with E-state index in [-0.39, 0.29) is 10.8 Å². The third-order valence-corrected chi connectivity index (χ3v) is 10.6. The number of morpholine rings is 1. The first-order valence-electron chi connectivity index (χ1n) is 13.5. The number of para-hydroxylation sites is 1. The van der Waals surface area contributed by atoms with E-state index in [1.807, 2.05) is 12.1 Å². The van der Waals surface area contributed by atoms with E-state index in [2.05, 4.69) is 18.7 Å². The van der Waals surface area contributed by atoms with Gasteiger partial charge in [-0.25, -0.2) is 13.4 Å². The summed E-state index contributed by atoms with van der Waals surface area (Å²) in [6.07, 6.45) is 1.80. The lowest BCUT2D eigenvalue weighted by molar-refractivity contribution is 0.0376. The van der Waals surface area contributed by atoms with Crippen molar-refractivity contribution in [2.24, 2.45) is 11.8 Å². The van der Waals surface area contributed by atoms with E-state index in [4.69, 9.17) is 21.3 Å². The topological polar surface area (TPSA) is 83.1 Å². The fourth-order valence-electron chi connectivity index (χ4n) is 5.46. The molecule has 2 atom stereocenters. The summed E-state index contributed by atoms with van der Waals surface area (Å²) in [5, 5.41) is 1.13. The van der Waals surface area contributed by atoms with Gasteiger partial charge in [-0.05, 0) is 61.1 Å². The molecule has 1 amide bonds. The Morgan fingerprint density at radius 1 is 1.10 bits per heavy atom. The van der Waals surface area contributed by atoms with Crippen LogP contribution in [0, 0.1) is 11.8 Å². The van der Waals surface area contributed by atoms with Gasteiger partial charge in [0.25, 0.3) is 5.91 Å². The summed E-state index contributed by atoms with van der Waals surface area (Å²) in [4.78, 5) is 22.8. The third kappa shape index (κ3) is 6.47. The van der Waals surface area contributed by atoms with E-state index in [9.17, 15) is 13.2 Å². The molecule has 11 heteroatoms. The summed E-state index contributed by atoms with van der Waals surface area (Å²) < 4.78 is 34.6. The number of piperidine rings is 1. The van der Waals surface area contributed by atoms with Gasteiger partial charge < -0.3 is 4.74 Å². The minimum absolute atomic E-state index is 0.212. The summed E-state index contributed by atoms with van der Waals surface area (Å²) in [5.41, 5.74) is 1.10. The van der Waals surface area contributed by atoms with Gasteiger partial charge >= 0.3 is 0 Å². The van der Waals surface area contributed by atoms with Crippen LogP contribution in [0.4, 0.5) is 5.13 Å². The molecule has 0 radical (unpaired) electrons. The number of halogens is 1. The van der Waals surface area contributed by atoms with Gasteiger partial charge in [-0.3, -0.25) is 14.6 Å². The average molecular weight is 591 g/mol. The van der Waals surface area contributed by atoms with Crippen LogP contribution >= 0.6 is 22.9 Å². The number of fused-ring (bicyclic) bond motifs is 1. The molecule has 1 aromatic heterocycles. The van der Waals surface area contributed by atoms with Crippen molar-refractivity contribution in [3.05, 3.63) is 53.1 Å². The Bertz CT molecular complexity index is 1400. The fraction of sp³-hybridized carbons (Fsp3) is 0.500. The second kappa shape index (κ2) is 12.2. The van der Waals surface area contributed by atoms with Crippen LogP contribution in [-0.4, -0.2) is 81.0 Å². The minimum Gasteiger partial charge on any atom is -0.379 e. The van der Waals surface area contributed by atoms with Crippen molar-refractivity contribution < 1.29 is 17.9 Å². The monoisotopic (exact) mass is 590 g/mol. The first-order chi connectivity index (χ1) is 18.7. The highest BCUT2D eigenvalue weighted by atomic mass is 35.5. The van der Waals surface area contributed by atoms with Crippen molar-refractivity contribution in [2.75, 3.05) is 57.4 Å². The lowest BCUT2D eigenvalue weighted by Crippen LogP contribution is -2.42. The Kier molecular flexibility index (Phi) is 8.90. The number of hydrogen-bond acceptors (Lipinski definition) is 7. The number of carbonyl (C=O) groups excluding carboxylic acids is 1. The van der Waals surface area contributed by atoms with E-state index < -0.39 is 10.0 Å². The van der Waals surface area contributed by atoms with E-state index >= 15 is 0 Å². The average Bonchev–Trinajstić information content (AvgIpc) is 3.36. The number of ether oxygens (including phenoxy) is 1. The molecule has 5 rings (SSSR count). The molecule has 3 heterocycles. The predicted molar refractivity (Wildman–Crippen MR) is 156 cm³/mol. The first kappa shape index (κ1) is 28.4. The Balaban J connectivity index is 1.37. The number of amides is 1. The van der Waals surface area contributed by atoms with Crippen molar-refractivity contribution in [3.8, 4) is 0 Å². The van der Waals surface area contributed by atoms with Gasteiger partial charge in [0.05, 0.1) is 27.8 Å². The second-order valence-electron chi connectivity index (χ2n) is 10.6. The molecule has 0 bridgehead atoms. The van der Waals surface area contributed by atoms with E-state index in [0.29, 0.717) is 52.7 Å². The van der Waals surface area contributed by atoms with Crippen LogP contribution in [0.2, 0.25) is 5.02 Å². The molecule has 0 aliphatic carbocycles. The van der Waals surface area contributed by atoms with Gasteiger partial charge in [0.15, 0.2) is 5.13 Å². The molecule has 0 spiro atoms. The maximum Gasteiger partial charge on any atom is 0.260 e. The van der Waals surface area contributed by atoms with Crippen LogP contribution in [0.3, 0.4) is 0 Å². The van der Waals surface area contributed by atoms with E-state index in [0.717, 1.165) is 50.4 Å². The quantitative estimate of drug-likeness (QED) is 0.368. The van der Waals surface area contributed by atoms with Crippen LogP contribution in [0.25, 0.3) is 10.2 Å². The van der Waals surface area contributed by atoms with Gasteiger partial charge in [-0.2, -0.15) is 4.31 Å². The van der Waals surface area contributed by atoms with Crippen LogP contribution in [0.1, 0.15) is 37.0 Å². The van der Waals surface area contributed by atoms with Gasteiger partial charge in [0, 0.05) is 44.8 Å². The zero-order chi connectivity index (χ0) is 27.6. The molecule has 8 nitrogen and oxygen atoms in total. The highest BCUT2D eigenvalue weighted by Gasteiger charge is 2.32. The molecule has 210 valence electrons. The Morgan fingerprint density at radius 2 is 1.79 bits per heavy atom. The van der Waals surface area contributed by atoms with Gasteiger partial charge in [0.2, 0.25) is 10.0 Å². The fourth-order valence-corrected chi connectivity index (χ4v) is 8.43. The molecule has 2 aromatic carbocycles. The minimum atomic E-state index is -3.62. The highest BCUT2D eigenvalue weighted by molar-refractivity contribution is 7.89. The van der Waals surface area contributed by atoms with Gasteiger partial charge in [-0.15, -0.1) is 0 Å². The molecular weight excluding hydrogens is 556 g/mol. The number of nitrogens with zero attached hydrogens (tertiary/aromatic N) is 4. The summed E-state index contributed by atoms with van der Waals surface area (Å²) in [7, 11) is -3.62. The molecule has 0 N–H and O–H groups in total. The largest absolute Gasteiger partial charge is 0.379 e. The molecular formula is C28H35ClN4O4S2. The van der Waals surface area contributed by atoms with Crippen molar-refractivity contribution >= 4 is 54.2 Å². The number of anilines is 1. The number of hydrogen-bond donors (Lipinski definition) is 0. The van der Waals surface area contributed by atoms with Crippen LogP contribution in [0.5, 0.6) is 0 Å².